The smallest absolute Gasteiger partial charge is 0.335 e. The molecule has 0 aliphatic heterocycles. The number of carboxylic acid groups (broad SMARTS) is 1. The van der Waals surface area contributed by atoms with Gasteiger partial charge in [0.2, 0.25) is 0 Å². The lowest BCUT2D eigenvalue weighted by Crippen LogP contribution is -2.14. The lowest BCUT2D eigenvalue weighted by molar-refractivity contribution is 0.0696. The number of benzene rings is 1. The Morgan fingerprint density at radius 3 is 2.26 bits per heavy atom. The minimum Gasteiger partial charge on any atom is -0.478 e. The van der Waals surface area contributed by atoms with E-state index in [9.17, 15) is 13.2 Å². The van der Waals surface area contributed by atoms with E-state index in [2.05, 4.69) is 14.7 Å². The van der Waals surface area contributed by atoms with Crippen LogP contribution in [0.15, 0.2) is 41.6 Å². The van der Waals surface area contributed by atoms with Crippen LogP contribution in [0.4, 0.5) is 5.69 Å². The molecule has 0 fully saturated rings. The van der Waals surface area contributed by atoms with E-state index in [4.69, 9.17) is 5.11 Å². The maximum atomic E-state index is 12.2. The Morgan fingerprint density at radius 2 is 1.78 bits per heavy atom. The van der Waals surface area contributed by atoms with Crippen LogP contribution in [0.2, 0.25) is 0 Å². The number of sulfonamides is 1. The average Bonchev–Trinajstić information content (AvgIpc) is 2.54. The number of hydrogen-bond acceptors (Lipinski definition) is 5. The molecule has 7 nitrogen and oxygen atoms in total. The van der Waals surface area contributed by atoms with E-state index in [1.165, 1.54) is 36.7 Å². The van der Waals surface area contributed by atoms with Crippen LogP contribution in [0.5, 0.6) is 0 Å². The summed E-state index contributed by atoms with van der Waals surface area (Å²) < 4.78 is 26.9. The lowest BCUT2D eigenvalue weighted by atomic mass is 10.1. The molecule has 0 aliphatic rings. The van der Waals surface area contributed by atoms with Crippen molar-refractivity contribution in [1.82, 2.24) is 9.97 Å². The highest BCUT2D eigenvalue weighted by atomic mass is 32.2. The molecule has 1 aromatic heterocycles. The molecule has 0 amide bonds. The van der Waals surface area contributed by atoms with Crippen molar-refractivity contribution in [3.8, 4) is 0 Å². The van der Waals surface area contributed by atoms with Crippen molar-refractivity contribution < 1.29 is 18.3 Å². The molecule has 1 aromatic carbocycles. The zero-order valence-electron chi connectivity index (χ0n) is 12.7. The Balaban J connectivity index is 2.19. The summed E-state index contributed by atoms with van der Waals surface area (Å²) in [6, 6.07) is 4.94. The predicted molar refractivity (Wildman–Crippen MR) is 84.9 cm³/mol. The van der Waals surface area contributed by atoms with Gasteiger partial charge in [-0.1, -0.05) is 13.8 Å². The number of carbonyl (C=O) groups is 1. The van der Waals surface area contributed by atoms with E-state index < -0.39 is 16.0 Å². The molecule has 1 atom stereocenters. The van der Waals surface area contributed by atoms with Gasteiger partial charge in [-0.15, -0.1) is 0 Å². The Labute approximate surface area is 134 Å². The van der Waals surface area contributed by atoms with Crippen LogP contribution in [0.25, 0.3) is 0 Å². The van der Waals surface area contributed by atoms with Crippen molar-refractivity contribution >= 4 is 21.7 Å². The highest BCUT2D eigenvalue weighted by Gasteiger charge is 2.16. The molecule has 0 spiro atoms. The summed E-state index contributed by atoms with van der Waals surface area (Å²) in [4.78, 5) is 19.0. The fourth-order valence-electron chi connectivity index (χ4n) is 1.82. The van der Waals surface area contributed by atoms with Crippen molar-refractivity contribution in [2.75, 3.05) is 4.72 Å². The normalized spacial score (nSPS) is 12.6. The van der Waals surface area contributed by atoms with Crippen molar-refractivity contribution in [2.24, 2.45) is 0 Å². The average molecular weight is 335 g/mol. The fourth-order valence-corrected chi connectivity index (χ4v) is 2.85. The first kappa shape index (κ1) is 16.9. The number of nitrogens with zero attached hydrogens (tertiary/aromatic N) is 2. The molecular weight excluding hydrogens is 318 g/mol. The molecule has 2 rings (SSSR count). The summed E-state index contributed by atoms with van der Waals surface area (Å²) in [6.45, 7) is 4.01. The summed E-state index contributed by atoms with van der Waals surface area (Å²) in [5, 5.41) is 8.82. The fraction of sp³-hybridized carbons (Fsp3) is 0.267. The van der Waals surface area contributed by atoms with Gasteiger partial charge < -0.3 is 5.11 Å². The summed E-state index contributed by atoms with van der Waals surface area (Å²) in [5.74, 6) is -0.263. The van der Waals surface area contributed by atoms with Crippen LogP contribution >= 0.6 is 0 Å². The quantitative estimate of drug-likeness (QED) is 0.839. The topological polar surface area (TPSA) is 109 Å². The second-order valence-electron chi connectivity index (χ2n) is 5.07. The third-order valence-electron chi connectivity index (χ3n) is 3.39. The van der Waals surface area contributed by atoms with Crippen molar-refractivity contribution in [3.05, 3.63) is 48.0 Å². The van der Waals surface area contributed by atoms with Gasteiger partial charge in [-0.3, -0.25) is 4.72 Å². The molecular formula is C15H17N3O4S. The van der Waals surface area contributed by atoms with Crippen LogP contribution < -0.4 is 4.72 Å². The molecule has 0 saturated heterocycles. The van der Waals surface area contributed by atoms with E-state index in [0.717, 1.165) is 6.42 Å². The number of carboxylic acids is 1. The molecule has 8 heteroatoms. The number of hydrogen-bond donors (Lipinski definition) is 2. The van der Waals surface area contributed by atoms with Crippen molar-refractivity contribution in [3.63, 3.8) is 0 Å². The van der Waals surface area contributed by atoms with Gasteiger partial charge in [0.1, 0.15) is 5.82 Å². The van der Waals surface area contributed by atoms with Crippen LogP contribution in [-0.2, 0) is 10.0 Å². The number of aromatic carboxylic acids is 1. The number of rotatable bonds is 6. The maximum absolute atomic E-state index is 12.2. The van der Waals surface area contributed by atoms with Gasteiger partial charge in [0, 0.05) is 5.92 Å². The Bertz CT molecular complexity index is 786. The molecule has 122 valence electrons. The van der Waals surface area contributed by atoms with Crippen LogP contribution in [0, 0.1) is 0 Å². The largest absolute Gasteiger partial charge is 0.478 e. The minimum atomic E-state index is -3.82. The van der Waals surface area contributed by atoms with E-state index in [0.29, 0.717) is 5.82 Å². The highest BCUT2D eigenvalue weighted by Crippen LogP contribution is 2.18. The van der Waals surface area contributed by atoms with E-state index in [-0.39, 0.29) is 22.1 Å². The first-order chi connectivity index (χ1) is 10.8. The monoisotopic (exact) mass is 335 g/mol. The van der Waals surface area contributed by atoms with Crippen LogP contribution in [0.1, 0.15) is 42.4 Å². The maximum Gasteiger partial charge on any atom is 0.335 e. The molecule has 0 radical (unpaired) electrons. The van der Waals surface area contributed by atoms with Crippen LogP contribution in [-0.4, -0.2) is 29.5 Å². The molecule has 2 aromatic rings. The van der Waals surface area contributed by atoms with Gasteiger partial charge in [-0.05, 0) is 30.7 Å². The van der Waals surface area contributed by atoms with E-state index in [1.54, 1.807) is 0 Å². The first-order valence-corrected chi connectivity index (χ1v) is 8.50. The SMILES string of the molecule is CCC(C)c1ncc(NS(=O)(=O)c2ccc(C(=O)O)cc2)cn1. The van der Waals surface area contributed by atoms with Gasteiger partial charge in [-0.25, -0.2) is 23.2 Å². The molecule has 0 bridgehead atoms. The second-order valence-corrected chi connectivity index (χ2v) is 6.76. The third kappa shape index (κ3) is 4.04. The van der Waals surface area contributed by atoms with Crippen molar-refractivity contribution in [2.45, 2.75) is 31.1 Å². The molecule has 1 heterocycles. The highest BCUT2D eigenvalue weighted by molar-refractivity contribution is 7.92. The molecule has 0 aliphatic carbocycles. The Kier molecular flexibility index (Phi) is 4.95. The number of nitrogens with one attached hydrogen (secondary N) is 1. The van der Waals surface area contributed by atoms with Crippen molar-refractivity contribution in [1.29, 1.82) is 0 Å². The lowest BCUT2D eigenvalue weighted by Gasteiger charge is -2.10. The summed E-state index contributed by atoms with van der Waals surface area (Å²) in [6.07, 6.45) is 3.72. The zero-order chi connectivity index (χ0) is 17.0. The molecule has 2 N–H and O–H groups in total. The van der Waals surface area contributed by atoms with E-state index in [1.807, 2.05) is 13.8 Å². The summed E-state index contributed by atoms with van der Waals surface area (Å²) in [5.41, 5.74) is 0.268. The van der Waals surface area contributed by atoms with Gasteiger partial charge >= 0.3 is 5.97 Å². The standard InChI is InChI=1S/C15H17N3O4S/c1-3-10(2)14-16-8-12(9-17-14)18-23(21,22)13-6-4-11(5-7-13)15(19)20/h4-10,18H,3H2,1-2H3,(H,19,20). The Hall–Kier alpha value is -2.48. The number of anilines is 1. The number of aromatic nitrogens is 2. The first-order valence-electron chi connectivity index (χ1n) is 7.01. The molecule has 1 unspecified atom stereocenters. The van der Waals surface area contributed by atoms with Crippen LogP contribution in [0.3, 0.4) is 0 Å². The van der Waals surface area contributed by atoms with Gasteiger partial charge in [0.05, 0.1) is 28.5 Å². The second kappa shape index (κ2) is 6.74. The third-order valence-corrected chi connectivity index (χ3v) is 4.79. The predicted octanol–water partition coefficient (Wildman–Crippen LogP) is 2.49. The summed E-state index contributed by atoms with van der Waals surface area (Å²) in [7, 11) is -3.82. The van der Waals surface area contributed by atoms with Gasteiger partial charge in [-0.2, -0.15) is 0 Å². The van der Waals surface area contributed by atoms with Gasteiger partial charge in [0.25, 0.3) is 10.0 Å². The minimum absolute atomic E-state index is 0.0187. The molecule has 0 saturated carbocycles. The summed E-state index contributed by atoms with van der Waals surface area (Å²) >= 11 is 0. The van der Waals surface area contributed by atoms with E-state index >= 15 is 0 Å². The Morgan fingerprint density at radius 1 is 1.22 bits per heavy atom. The zero-order valence-corrected chi connectivity index (χ0v) is 13.5. The van der Waals surface area contributed by atoms with Gasteiger partial charge in [0.15, 0.2) is 0 Å². The molecule has 23 heavy (non-hydrogen) atoms.